The van der Waals surface area contributed by atoms with Crippen molar-refractivity contribution in [1.29, 1.82) is 0 Å². The van der Waals surface area contributed by atoms with E-state index in [1.807, 2.05) is 45.2 Å². The highest BCUT2D eigenvalue weighted by Gasteiger charge is 2.15. The van der Waals surface area contributed by atoms with E-state index in [1.54, 1.807) is 0 Å². The zero-order valence-electron chi connectivity index (χ0n) is 6.64. The van der Waals surface area contributed by atoms with Crippen LogP contribution in [0.25, 0.3) is 0 Å². The normalized spacial score (nSPS) is 10.1. The lowest BCUT2D eigenvalue weighted by molar-refractivity contribution is 0.101. The predicted octanol–water partition coefficient (Wildman–Crippen LogP) is 2.51. The molecule has 0 aliphatic rings. The van der Waals surface area contributed by atoms with Gasteiger partial charge >= 0.3 is 0 Å². The minimum absolute atomic E-state index is 0.0213. The van der Waals surface area contributed by atoms with Gasteiger partial charge in [0.25, 0.3) is 0 Å². The topological polar surface area (TPSA) is 57.5 Å². The molecule has 70 valence electrons. The van der Waals surface area contributed by atoms with Crippen LogP contribution >= 0.6 is 45.2 Å². The number of rotatable bonds is 1. The predicted molar refractivity (Wildman–Crippen MR) is 65.2 cm³/mol. The van der Waals surface area contributed by atoms with Crippen LogP contribution < -0.4 is 0 Å². The number of phenols is 2. The molecule has 3 nitrogen and oxygen atoms in total. The molecule has 0 saturated carbocycles. The molecule has 1 rings (SSSR count). The van der Waals surface area contributed by atoms with Crippen LogP contribution in [0.5, 0.6) is 11.5 Å². The highest BCUT2D eigenvalue weighted by Crippen LogP contribution is 2.35. The van der Waals surface area contributed by atoms with E-state index in [9.17, 15) is 15.0 Å². The van der Waals surface area contributed by atoms with Crippen molar-refractivity contribution in [2.24, 2.45) is 0 Å². The number of carbonyl (C=O) groups excluding carboxylic acids is 1. The lowest BCUT2D eigenvalue weighted by atomic mass is 10.1. The number of carbonyl (C=O) groups is 1. The maximum atomic E-state index is 11.0. The van der Waals surface area contributed by atoms with Crippen LogP contribution in [0, 0.1) is 7.14 Å². The second kappa shape index (κ2) is 3.99. The van der Waals surface area contributed by atoms with Gasteiger partial charge in [0.1, 0.15) is 11.5 Å². The highest BCUT2D eigenvalue weighted by molar-refractivity contribution is 14.1. The molecule has 1 aromatic carbocycles. The smallest absolute Gasteiger partial charge is 0.163 e. The first-order valence-corrected chi connectivity index (χ1v) is 5.51. The zero-order valence-corrected chi connectivity index (χ0v) is 11.0. The van der Waals surface area contributed by atoms with E-state index in [4.69, 9.17) is 0 Å². The summed E-state index contributed by atoms with van der Waals surface area (Å²) < 4.78 is 1.06. The summed E-state index contributed by atoms with van der Waals surface area (Å²) in [6.07, 6.45) is 0. The van der Waals surface area contributed by atoms with Crippen molar-refractivity contribution in [3.8, 4) is 11.5 Å². The molecule has 0 saturated heterocycles. The van der Waals surface area contributed by atoms with Crippen LogP contribution in [0.3, 0.4) is 0 Å². The number of benzene rings is 1. The Bertz CT molecular complexity index is 374. The molecule has 0 amide bonds. The summed E-state index contributed by atoms with van der Waals surface area (Å²) in [5.74, 6) is -0.301. The van der Waals surface area contributed by atoms with Crippen molar-refractivity contribution in [3.05, 3.63) is 18.8 Å². The van der Waals surface area contributed by atoms with E-state index in [0.29, 0.717) is 7.14 Å². The lowest BCUT2D eigenvalue weighted by Gasteiger charge is -2.06. The van der Waals surface area contributed by atoms with Gasteiger partial charge in [-0.25, -0.2) is 0 Å². The first-order valence-electron chi connectivity index (χ1n) is 3.36. The second-order valence-electron chi connectivity index (χ2n) is 2.48. The summed E-state index contributed by atoms with van der Waals surface area (Å²) in [6.45, 7) is 1.34. The summed E-state index contributed by atoms with van der Waals surface area (Å²) >= 11 is 3.79. The Morgan fingerprint density at radius 1 is 1.31 bits per heavy atom. The fourth-order valence-corrected chi connectivity index (χ4v) is 1.85. The summed E-state index contributed by atoms with van der Waals surface area (Å²) in [5.41, 5.74) is 0.155. The van der Waals surface area contributed by atoms with Crippen LogP contribution in [0.15, 0.2) is 6.07 Å². The van der Waals surface area contributed by atoms with Gasteiger partial charge in [-0.3, -0.25) is 4.79 Å². The van der Waals surface area contributed by atoms with Gasteiger partial charge in [-0.2, -0.15) is 0 Å². The van der Waals surface area contributed by atoms with E-state index in [-0.39, 0.29) is 22.8 Å². The molecule has 0 unspecified atom stereocenters. The van der Waals surface area contributed by atoms with Gasteiger partial charge in [0.2, 0.25) is 0 Å². The van der Waals surface area contributed by atoms with Gasteiger partial charge in [0.15, 0.2) is 5.78 Å². The molecular formula is C8H6I2O3. The first-order chi connectivity index (χ1) is 5.95. The number of halogens is 2. The quantitative estimate of drug-likeness (QED) is 0.430. The third kappa shape index (κ3) is 2.06. The maximum absolute atomic E-state index is 11.0. The molecule has 1 aromatic rings. The van der Waals surface area contributed by atoms with Crippen LogP contribution in [0.4, 0.5) is 0 Å². The first kappa shape index (κ1) is 11.0. The molecule has 13 heavy (non-hydrogen) atoms. The van der Waals surface area contributed by atoms with Crippen molar-refractivity contribution in [2.75, 3.05) is 0 Å². The van der Waals surface area contributed by atoms with Crippen molar-refractivity contribution < 1.29 is 15.0 Å². The number of Topliss-reactive ketones (excluding diaryl/α,β-unsaturated/α-hetero) is 1. The molecule has 0 radical (unpaired) electrons. The standard InChI is InChI=1S/C8H6I2O3/c1-3(11)4-2-5(12)6(9)7(10)8(4)13/h2,12-13H,1H3. The highest BCUT2D eigenvalue weighted by atomic mass is 127. The summed E-state index contributed by atoms with van der Waals surface area (Å²) in [4.78, 5) is 11.0. The van der Waals surface area contributed by atoms with Gasteiger partial charge in [0, 0.05) is 0 Å². The molecule has 0 aromatic heterocycles. The third-order valence-corrected chi connectivity index (χ3v) is 4.72. The number of ketones is 1. The van der Waals surface area contributed by atoms with Gasteiger partial charge < -0.3 is 10.2 Å². The van der Waals surface area contributed by atoms with Crippen molar-refractivity contribution in [1.82, 2.24) is 0 Å². The third-order valence-electron chi connectivity index (χ3n) is 1.54. The monoisotopic (exact) mass is 404 g/mol. The van der Waals surface area contributed by atoms with E-state index >= 15 is 0 Å². The van der Waals surface area contributed by atoms with E-state index in [2.05, 4.69) is 0 Å². The summed E-state index contributed by atoms with van der Waals surface area (Å²) in [7, 11) is 0. The maximum Gasteiger partial charge on any atom is 0.163 e. The molecule has 5 heteroatoms. The molecule has 0 aliphatic carbocycles. The number of hydrogen-bond donors (Lipinski definition) is 2. The largest absolute Gasteiger partial charge is 0.507 e. The van der Waals surface area contributed by atoms with E-state index in [1.165, 1.54) is 13.0 Å². The molecule has 2 N–H and O–H groups in total. The number of hydrogen-bond acceptors (Lipinski definition) is 3. The summed E-state index contributed by atoms with van der Waals surface area (Å²) in [6, 6.07) is 1.28. The van der Waals surface area contributed by atoms with Crippen LogP contribution in [0.1, 0.15) is 17.3 Å². The molecule has 0 fully saturated rings. The van der Waals surface area contributed by atoms with Crippen LogP contribution in [0.2, 0.25) is 0 Å². The molecule has 0 atom stereocenters. The number of phenolic OH excluding ortho intramolecular Hbond substituents is 2. The Morgan fingerprint density at radius 3 is 2.31 bits per heavy atom. The molecule has 0 bridgehead atoms. The Morgan fingerprint density at radius 2 is 1.85 bits per heavy atom. The SMILES string of the molecule is CC(=O)c1cc(O)c(I)c(I)c1O. The van der Waals surface area contributed by atoms with Gasteiger partial charge in [-0.05, 0) is 58.2 Å². The van der Waals surface area contributed by atoms with Crippen molar-refractivity contribution >= 4 is 51.0 Å². The fraction of sp³-hybridized carbons (Fsp3) is 0.125. The van der Waals surface area contributed by atoms with Crippen molar-refractivity contribution in [3.63, 3.8) is 0 Å². The van der Waals surface area contributed by atoms with Crippen LogP contribution in [-0.2, 0) is 0 Å². The van der Waals surface area contributed by atoms with Gasteiger partial charge in [-0.15, -0.1) is 0 Å². The minimum Gasteiger partial charge on any atom is -0.507 e. The average molecular weight is 404 g/mol. The average Bonchev–Trinajstić information content (AvgIpc) is 2.07. The molecule has 0 aliphatic heterocycles. The Hall–Kier alpha value is -0.0500. The lowest BCUT2D eigenvalue weighted by Crippen LogP contribution is -1.96. The Labute approximate surface area is 102 Å². The Kier molecular flexibility index (Phi) is 3.38. The molecule has 0 spiro atoms. The van der Waals surface area contributed by atoms with E-state index < -0.39 is 0 Å². The Balaban J connectivity index is 3.50. The second-order valence-corrected chi connectivity index (χ2v) is 4.63. The molecule has 0 heterocycles. The zero-order chi connectivity index (χ0) is 10.2. The van der Waals surface area contributed by atoms with Crippen molar-refractivity contribution in [2.45, 2.75) is 6.92 Å². The van der Waals surface area contributed by atoms with Gasteiger partial charge in [-0.1, -0.05) is 0 Å². The van der Waals surface area contributed by atoms with Gasteiger partial charge in [0.05, 0.1) is 12.7 Å². The molecular weight excluding hydrogens is 398 g/mol. The summed E-state index contributed by atoms with van der Waals surface area (Å²) in [5, 5.41) is 18.9. The fourth-order valence-electron chi connectivity index (χ4n) is 0.871. The van der Waals surface area contributed by atoms with Crippen LogP contribution in [-0.4, -0.2) is 16.0 Å². The van der Waals surface area contributed by atoms with E-state index in [0.717, 1.165) is 0 Å². The number of aromatic hydroxyl groups is 2. The minimum atomic E-state index is -0.262.